The van der Waals surface area contributed by atoms with Gasteiger partial charge in [0.05, 0.1) is 10.9 Å². The van der Waals surface area contributed by atoms with E-state index in [4.69, 9.17) is 5.73 Å². The summed E-state index contributed by atoms with van der Waals surface area (Å²) >= 11 is 0. The summed E-state index contributed by atoms with van der Waals surface area (Å²) in [6, 6.07) is 11.3. The van der Waals surface area contributed by atoms with E-state index in [1.807, 2.05) is 19.9 Å². The monoisotopic (exact) mass is 375 g/mol. The highest BCUT2D eigenvalue weighted by Crippen LogP contribution is 2.23. The van der Waals surface area contributed by atoms with E-state index in [1.54, 1.807) is 37.3 Å². The molecule has 1 unspecified atom stereocenters. The van der Waals surface area contributed by atoms with Gasteiger partial charge in [0.1, 0.15) is 0 Å². The molecule has 6 nitrogen and oxygen atoms in total. The number of nitrogens with two attached hydrogens (primary N) is 1. The maximum absolute atomic E-state index is 12.8. The third kappa shape index (κ3) is 5.06. The van der Waals surface area contributed by atoms with Gasteiger partial charge in [0.25, 0.3) is 10.0 Å². The number of anilines is 2. The zero-order valence-corrected chi connectivity index (χ0v) is 16.1. The van der Waals surface area contributed by atoms with Crippen molar-refractivity contribution in [1.29, 1.82) is 0 Å². The Morgan fingerprint density at radius 3 is 2.50 bits per heavy atom. The van der Waals surface area contributed by atoms with Crippen molar-refractivity contribution in [3.8, 4) is 0 Å². The first-order valence-corrected chi connectivity index (χ1v) is 9.98. The van der Waals surface area contributed by atoms with Crippen molar-refractivity contribution in [2.75, 3.05) is 10.0 Å². The fourth-order valence-electron chi connectivity index (χ4n) is 2.56. The Kier molecular flexibility index (Phi) is 6.39. The fraction of sp³-hybridized carbons (Fsp3) is 0.316. The molecule has 0 radical (unpaired) electrons. The van der Waals surface area contributed by atoms with Crippen molar-refractivity contribution in [1.82, 2.24) is 0 Å². The number of nitrogens with one attached hydrogen (secondary N) is 2. The molecule has 2 aromatic carbocycles. The molecule has 0 fully saturated rings. The van der Waals surface area contributed by atoms with Crippen LogP contribution in [0.1, 0.15) is 30.9 Å². The van der Waals surface area contributed by atoms with E-state index in [1.165, 1.54) is 6.07 Å². The lowest BCUT2D eigenvalue weighted by molar-refractivity contribution is -0.117. The highest BCUT2D eigenvalue weighted by Gasteiger charge is 2.19. The second kappa shape index (κ2) is 8.33. The number of rotatable bonds is 7. The Balaban J connectivity index is 2.27. The van der Waals surface area contributed by atoms with Crippen LogP contribution in [0.5, 0.6) is 0 Å². The number of aryl methyl sites for hydroxylation is 2. The minimum atomic E-state index is -3.78. The van der Waals surface area contributed by atoms with Gasteiger partial charge in [0.15, 0.2) is 0 Å². The first-order valence-electron chi connectivity index (χ1n) is 8.49. The van der Waals surface area contributed by atoms with Gasteiger partial charge < -0.3 is 11.1 Å². The summed E-state index contributed by atoms with van der Waals surface area (Å²) in [6.45, 7) is 5.54. The van der Waals surface area contributed by atoms with E-state index >= 15 is 0 Å². The molecule has 4 N–H and O–H groups in total. The molecule has 1 atom stereocenters. The van der Waals surface area contributed by atoms with Gasteiger partial charge in [0, 0.05) is 11.4 Å². The quantitative estimate of drug-likeness (QED) is 0.692. The third-order valence-corrected chi connectivity index (χ3v) is 5.48. The molecule has 7 heteroatoms. The predicted octanol–water partition coefficient (Wildman–Crippen LogP) is 3.17. The lowest BCUT2D eigenvalue weighted by atomic mass is 10.1. The van der Waals surface area contributed by atoms with E-state index in [9.17, 15) is 13.2 Å². The molecule has 0 heterocycles. The summed E-state index contributed by atoms with van der Waals surface area (Å²) in [6.07, 6.45) is 1.36. The molecular weight excluding hydrogens is 350 g/mol. The molecule has 0 aliphatic rings. The van der Waals surface area contributed by atoms with Crippen molar-refractivity contribution < 1.29 is 13.2 Å². The Bertz CT molecular complexity index is 895. The summed E-state index contributed by atoms with van der Waals surface area (Å²) in [4.78, 5) is 12.2. The highest BCUT2D eigenvalue weighted by atomic mass is 32.2. The van der Waals surface area contributed by atoms with E-state index < -0.39 is 16.1 Å². The number of carbonyl (C=O) groups excluding carboxylic acids is 1. The average Bonchev–Trinajstić information content (AvgIpc) is 2.56. The molecule has 0 aromatic heterocycles. The van der Waals surface area contributed by atoms with Crippen LogP contribution in [-0.4, -0.2) is 20.4 Å². The maximum atomic E-state index is 12.8. The number of amides is 1. The lowest BCUT2D eigenvalue weighted by Gasteiger charge is -2.14. The number of sulfonamides is 1. The normalized spacial score (nSPS) is 12.5. The predicted molar refractivity (Wildman–Crippen MR) is 105 cm³/mol. The van der Waals surface area contributed by atoms with Crippen molar-refractivity contribution >= 4 is 27.3 Å². The summed E-state index contributed by atoms with van der Waals surface area (Å²) in [5, 5.41) is 2.68. The molecule has 2 aromatic rings. The van der Waals surface area contributed by atoms with Gasteiger partial charge in [-0.05, 0) is 55.7 Å². The van der Waals surface area contributed by atoms with Gasteiger partial charge in [-0.3, -0.25) is 9.52 Å². The maximum Gasteiger partial charge on any atom is 0.262 e. The molecule has 0 saturated heterocycles. The molecule has 0 aliphatic heterocycles. The number of hydrogen-bond acceptors (Lipinski definition) is 4. The van der Waals surface area contributed by atoms with Crippen molar-refractivity contribution in [2.45, 2.75) is 44.6 Å². The fourth-order valence-corrected chi connectivity index (χ4v) is 3.88. The van der Waals surface area contributed by atoms with Crippen LogP contribution in [0.2, 0.25) is 0 Å². The lowest BCUT2D eigenvalue weighted by Crippen LogP contribution is -2.35. The Morgan fingerprint density at radius 1 is 1.12 bits per heavy atom. The van der Waals surface area contributed by atoms with Crippen molar-refractivity contribution in [3.05, 3.63) is 53.6 Å². The second-order valence-corrected chi connectivity index (χ2v) is 7.99. The van der Waals surface area contributed by atoms with Crippen LogP contribution < -0.4 is 15.8 Å². The highest BCUT2D eigenvalue weighted by molar-refractivity contribution is 7.92. The van der Waals surface area contributed by atoms with E-state index in [0.717, 1.165) is 12.0 Å². The van der Waals surface area contributed by atoms with Crippen LogP contribution in [0.4, 0.5) is 11.4 Å². The molecular formula is C19H25N3O3S. The van der Waals surface area contributed by atoms with E-state index in [0.29, 0.717) is 23.4 Å². The molecule has 2 rings (SSSR count). The summed E-state index contributed by atoms with van der Waals surface area (Å²) < 4.78 is 28.1. The smallest absolute Gasteiger partial charge is 0.262 e. The zero-order valence-electron chi connectivity index (χ0n) is 15.2. The molecule has 1 amide bonds. The van der Waals surface area contributed by atoms with Crippen LogP contribution in [0.25, 0.3) is 0 Å². The van der Waals surface area contributed by atoms with Crippen molar-refractivity contribution in [2.24, 2.45) is 5.73 Å². The number of hydrogen-bond donors (Lipinski definition) is 3. The Labute approximate surface area is 154 Å². The largest absolute Gasteiger partial charge is 0.325 e. The second-order valence-electron chi connectivity index (χ2n) is 6.34. The van der Waals surface area contributed by atoms with Gasteiger partial charge in [-0.2, -0.15) is 0 Å². The van der Waals surface area contributed by atoms with Crippen LogP contribution in [0.3, 0.4) is 0 Å². The van der Waals surface area contributed by atoms with Gasteiger partial charge in [-0.25, -0.2) is 8.42 Å². The van der Waals surface area contributed by atoms with E-state index in [-0.39, 0.29) is 10.8 Å². The molecule has 26 heavy (non-hydrogen) atoms. The van der Waals surface area contributed by atoms with Crippen LogP contribution in [0.15, 0.2) is 47.4 Å². The number of carbonyl (C=O) groups is 1. The molecule has 140 valence electrons. The Morgan fingerprint density at radius 2 is 1.85 bits per heavy atom. The third-order valence-electron chi connectivity index (χ3n) is 3.95. The van der Waals surface area contributed by atoms with E-state index in [2.05, 4.69) is 10.0 Å². The first kappa shape index (κ1) is 19.9. The summed E-state index contributed by atoms with van der Waals surface area (Å²) in [5.41, 5.74) is 8.23. The molecule has 0 spiro atoms. The molecule has 0 saturated carbocycles. The van der Waals surface area contributed by atoms with Crippen LogP contribution in [-0.2, 0) is 14.8 Å². The van der Waals surface area contributed by atoms with Gasteiger partial charge >= 0.3 is 0 Å². The standard InChI is InChI=1S/C19H25N3O3S/c1-4-6-17(20)19(23)21-15-10-9-14(3)18(12-15)26(24,25)22-16-8-5-7-13(2)11-16/h5,7-12,17,22H,4,6,20H2,1-3H3,(H,21,23). The van der Waals surface area contributed by atoms with Crippen LogP contribution >= 0.6 is 0 Å². The Hall–Kier alpha value is -2.38. The summed E-state index contributed by atoms with van der Waals surface area (Å²) in [5.74, 6) is -0.328. The molecule has 0 aliphatic carbocycles. The first-order chi connectivity index (χ1) is 12.2. The zero-order chi connectivity index (χ0) is 19.3. The van der Waals surface area contributed by atoms with Crippen molar-refractivity contribution in [3.63, 3.8) is 0 Å². The average molecular weight is 375 g/mol. The minimum Gasteiger partial charge on any atom is -0.325 e. The van der Waals surface area contributed by atoms with Gasteiger partial charge in [0.2, 0.25) is 5.91 Å². The SMILES string of the molecule is CCCC(N)C(=O)Nc1ccc(C)c(S(=O)(=O)Nc2cccc(C)c2)c1. The van der Waals surface area contributed by atoms with Gasteiger partial charge in [-0.1, -0.05) is 31.5 Å². The number of benzene rings is 2. The van der Waals surface area contributed by atoms with Crippen LogP contribution in [0, 0.1) is 13.8 Å². The molecule has 0 bridgehead atoms. The summed E-state index contributed by atoms with van der Waals surface area (Å²) in [7, 11) is -3.78. The minimum absolute atomic E-state index is 0.112. The topological polar surface area (TPSA) is 101 Å². The van der Waals surface area contributed by atoms with Gasteiger partial charge in [-0.15, -0.1) is 0 Å².